The zero-order chi connectivity index (χ0) is 13.6. The number of furan rings is 1. The second kappa shape index (κ2) is 6.69. The van der Waals surface area contributed by atoms with Gasteiger partial charge >= 0.3 is 0 Å². The number of methoxy groups -OCH3 is 1. The molecule has 18 heavy (non-hydrogen) atoms. The summed E-state index contributed by atoms with van der Waals surface area (Å²) >= 11 is 0. The molecule has 0 amide bonds. The summed E-state index contributed by atoms with van der Waals surface area (Å²) in [6.45, 7) is 4.44. The lowest BCUT2D eigenvalue weighted by molar-refractivity contribution is 0.181. The van der Waals surface area contributed by atoms with Crippen LogP contribution in [0.3, 0.4) is 0 Å². The molecule has 1 aromatic rings. The maximum atomic E-state index is 12.2. The van der Waals surface area contributed by atoms with E-state index < -0.39 is 10.0 Å². The number of sulfonamides is 1. The van der Waals surface area contributed by atoms with Crippen molar-refractivity contribution < 1.29 is 17.6 Å². The summed E-state index contributed by atoms with van der Waals surface area (Å²) in [5.41, 5.74) is 5.38. The molecule has 0 unspecified atom stereocenters. The van der Waals surface area contributed by atoms with Gasteiger partial charge in [-0.1, -0.05) is 6.08 Å². The van der Waals surface area contributed by atoms with Crippen LogP contribution in [-0.4, -0.2) is 39.5 Å². The highest BCUT2D eigenvalue weighted by Crippen LogP contribution is 2.18. The Kier molecular flexibility index (Phi) is 5.54. The largest absolute Gasteiger partial charge is 0.447 e. The Labute approximate surface area is 107 Å². The predicted molar refractivity (Wildman–Crippen MR) is 67.4 cm³/mol. The molecule has 0 bridgehead atoms. The van der Waals surface area contributed by atoms with Crippen molar-refractivity contribution in [3.8, 4) is 0 Å². The average molecular weight is 274 g/mol. The second-order valence-corrected chi connectivity index (χ2v) is 5.44. The molecule has 7 heteroatoms. The summed E-state index contributed by atoms with van der Waals surface area (Å²) in [4.78, 5) is 0. The van der Waals surface area contributed by atoms with Gasteiger partial charge in [-0.25, -0.2) is 8.42 Å². The summed E-state index contributed by atoms with van der Waals surface area (Å²) in [6.07, 6.45) is 1.51. The molecule has 0 radical (unpaired) electrons. The first-order valence-corrected chi connectivity index (χ1v) is 6.89. The van der Waals surface area contributed by atoms with E-state index in [9.17, 15) is 8.42 Å². The van der Waals surface area contributed by atoms with E-state index in [1.807, 2.05) is 0 Å². The van der Waals surface area contributed by atoms with Crippen LogP contribution in [0, 0.1) is 0 Å². The van der Waals surface area contributed by atoms with Crippen molar-refractivity contribution in [1.29, 1.82) is 0 Å². The van der Waals surface area contributed by atoms with Crippen molar-refractivity contribution in [3.63, 3.8) is 0 Å². The van der Waals surface area contributed by atoms with Gasteiger partial charge in [0.05, 0.1) is 13.2 Å². The lowest BCUT2D eigenvalue weighted by atomic mass is 10.5. The first-order valence-electron chi connectivity index (χ1n) is 5.45. The van der Waals surface area contributed by atoms with Crippen LogP contribution in [0.5, 0.6) is 0 Å². The van der Waals surface area contributed by atoms with E-state index in [4.69, 9.17) is 14.9 Å². The van der Waals surface area contributed by atoms with Crippen molar-refractivity contribution in [2.45, 2.75) is 11.6 Å². The van der Waals surface area contributed by atoms with E-state index in [0.717, 1.165) is 0 Å². The molecule has 1 heterocycles. The lowest BCUT2D eigenvalue weighted by Gasteiger charge is -2.18. The molecule has 0 fully saturated rings. The van der Waals surface area contributed by atoms with Gasteiger partial charge in [0.25, 0.3) is 10.0 Å². The standard InChI is InChI=1S/C11H18N2O4S/c1-3-6-13(7-8-16-2)18(14,15)11-5-4-10(9-12)17-11/h3-5H,1,6-9,12H2,2H3. The van der Waals surface area contributed by atoms with E-state index in [-0.39, 0.29) is 24.7 Å². The average Bonchev–Trinajstić information content (AvgIpc) is 2.83. The smallest absolute Gasteiger partial charge is 0.276 e. The quantitative estimate of drug-likeness (QED) is 0.700. The Bertz CT molecular complexity index is 481. The second-order valence-electron chi connectivity index (χ2n) is 3.57. The van der Waals surface area contributed by atoms with E-state index in [1.54, 1.807) is 6.07 Å². The molecule has 2 N–H and O–H groups in total. The van der Waals surface area contributed by atoms with Gasteiger partial charge in [0, 0.05) is 20.2 Å². The highest BCUT2D eigenvalue weighted by molar-refractivity contribution is 7.89. The minimum absolute atomic E-state index is 0.110. The molecule has 0 saturated carbocycles. The van der Waals surface area contributed by atoms with Crippen LogP contribution >= 0.6 is 0 Å². The van der Waals surface area contributed by atoms with Crippen molar-refractivity contribution >= 4 is 10.0 Å². The minimum Gasteiger partial charge on any atom is -0.447 e. The van der Waals surface area contributed by atoms with Gasteiger partial charge in [0.1, 0.15) is 5.76 Å². The third kappa shape index (κ3) is 3.42. The molecule has 0 aliphatic heterocycles. The Hall–Kier alpha value is -1.15. The zero-order valence-electron chi connectivity index (χ0n) is 10.3. The normalized spacial score (nSPS) is 11.9. The topological polar surface area (TPSA) is 85.8 Å². The molecule has 0 atom stereocenters. The van der Waals surface area contributed by atoms with Gasteiger partial charge in [-0.15, -0.1) is 6.58 Å². The van der Waals surface area contributed by atoms with E-state index in [2.05, 4.69) is 6.58 Å². The van der Waals surface area contributed by atoms with Crippen molar-refractivity contribution in [2.75, 3.05) is 26.8 Å². The number of nitrogens with zero attached hydrogens (tertiary/aromatic N) is 1. The number of rotatable bonds is 8. The van der Waals surface area contributed by atoms with Gasteiger partial charge in [-0.2, -0.15) is 4.31 Å². The fourth-order valence-electron chi connectivity index (χ4n) is 1.38. The van der Waals surface area contributed by atoms with Gasteiger partial charge < -0.3 is 14.9 Å². The minimum atomic E-state index is -3.66. The van der Waals surface area contributed by atoms with Crippen LogP contribution in [0.4, 0.5) is 0 Å². The van der Waals surface area contributed by atoms with Crippen molar-refractivity contribution in [1.82, 2.24) is 4.31 Å². The maximum Gasteiger partial charge on any atom is 0.276 e. The lowest BCUT2D eigenvalue weighted by Crippen LogP contribution is -2.33. The summed E-state index contributed by atoms with van der Waals surface area (Å²) < 4.78 is 35.8. The van der Waals surface area contributed by atoms with Crippen LogP contribution in [0.1, 0.15) is 5.76 Å². The fraction of sp³-hybridized carbons (Fsp3) is 0.455. The Morgan fingerprint density at radius 2 is 2.28 bits per heavy atom. The number of nitrogens with two attached hydrogens (primary N) is 1. The van der Waals surface area contributed by atoms with Crippen LogP contribution in [-0.2, 0) is 21.3 Å². The monoisotopic (exact) mass is 274 g/mol. The van der Waals surface area contributed by atoms with Crippen LogP contribution in [0.15, 0.2) is 34.3 Å². The molecule has 1 rings (SSSR count). The zero-order valence-corrected chi connectivity index (χ0v) is 11.1. The van der Waals surface area contributed by atoms with Crippen molar-refractivity contribution in [3.05, 3.63) is 30.5 Å². The van der Waals surface area contributed by atoms with Crippen LogP contribution in [0.2, 0.25) is 0 Å². The molecular weight excluding hydrogens is 256 g/mol. The first kappa shape index (κ1) is 14.9. The summed E-state index contributed by atoms with van der Waals surface area (Å²) in [5, 5.41) is -0.110. The number of ether oxygens (including phenoxy) is 1. The molecular formula is C11H18N2O4S. The predicted octanol–water partition coefficient (Wildman–Crippen LogP) is 0.561. The van der Waals surface area contributed by atoms with Crippen molar-refractivity contribution in [2.24, 2.45) is 5.73 Å². The highest BCUT2D eigenvalue weighted by Gasteiger charge is 2.26. The summed E-state index contributed by atoms with van der Waals surface area (Å²) in [5.74, 6) is 0.430. The fourth-order valence-corrected chi connectivity index (χ4v) is 2.70. The molecule has 0 saturated heterocycles. The third-order valence-corrected chi connectivity index (χ3v) is 4.05. The molecule has 0 spiro atoms. The Morgan fingerprint density at radius 1 is 1.56 bits per heavy atom. The molecule has 6 nitrogen and oxygen atoms in total. The van der Waals surface area contributed by atoms with E-state index >= 15 is 0 Å². The SMILES string of the molecule is C=CCN(CCOC)S(=O)(=O)c1ccc(CN)o1. The van der Waals surface area contributed by atoms with E-state index in [0.29, 0.717) is 12.4 Å². The van der Waals surface area contributed by atoms with Gasteiger partial charge in [-0.3, -0.25) is 0 Å². The molecule has 102 valence electrons. The number of hydrogen-bond donors (Lipinski definition) is 1. The van der Waals surface area contributed by atoms with Crippen LogP contribution in [0.25, 0.3) is 0 Å². The summed E-state index contributed by atoms with van der Waals surface area (Å²) in [7, 11) is -2.15. The van der Waals surface area contributed by atoms with E-state index in [1.165, 1.54) is 23.6 Å². The van der Waals surface area contributed by atoms with Gasteiger partial charge in [0.15, 0.2) is 0 Å². The Morgan fingerprint density at radius 3 is 2.78 bits per heavy atom. The van der Waals surface area contributed by atoms with Gasteiger partial charge in [-0.05, 0) is 12.1 Å². The Balaban J connectivity index is 2.96. The number of hydrogen-bond acceptors (Lipinski definition) is 5. The molecule has 0 aliphatic rings. The van der Waals surface area contributed by atoms with Gasteiger partial charge in [0.2, 0.25) is 5.09 Å². The first-order chi connectivity index (χ1) is 8.56. The molecule has 0 aliphatic carbocycles. The molecule has 1 aromatic heterocycles. The summed E-state index contributed by atoms with van der Waals surface area (Å²) in [6, 6.07) is 2.95. The maximum absolute atomic E-state index is 12.2. The van der Waals surface area contributed by atoms with Crippen LogP contribution < -0.4 is 5.73 Å². The molecule has 0 aromatic carbocycles. The third-order valence-electron chi connectivity index (χ3n) is 2.31. The highest BCUT2D eigenvalue weighted by atomic mass is 32.2.